The Morgan fingerprint density at radius 2 is 2.05 bits per heavy atom. The van der Waals surface area contributed by atoms with Crippen LogP contribution in [-0.2, 0) is 19.3 Å². The Morgan fingerprint density at radius 3 is 2.64 bits per heavy atom. The van der Waals surface area contributed by atoms with Crippen LogP contribution in [-0.4, -0.2) is 20.9 Å². The van der Waals surface area contributed by atoms with Gasteiger partial charge in [-0.3, -0.25) is 4.68 Å². The molecule has 1 aromatic carbocycles. The Kier molecular flexibility index (Phi) is 4.39. The fourth-order valence-corrected chi connectivity index (χ4v) is 2.00. The number of ether oxygens (including phenoxy) is 1. The number of aryl methyl sites for hydroxylation is 1. The SMILES string of the molecule is CCn1ncc(COc2ccccc2C(F)(F)F)c1C(=O)O. The van der Waals surface area contributed by atoms with Crippen LogP contribution < -0.4 is 4.74 Å². The summed E-state index contributed by atoms with van der Waals surface area (Å²) in [5.74, 6) is -1.56. The third-order valence-electron chi connectivity index (χ3n) is 2.99. The van der Waals surface area contributed by atoms with Crippen LogP contribution in [0.3, 0.4) is 0 Å². The van der Waals surface area contributed by atoms with Gasteiger partial charge in [0.05, 0.1) is 11.8 Å². The van der Waals surface area contributed by atoms with Gasteiger partial charge in [0.2, 0.25) is 0 Å². The summed E-state index contributed by atoms with van der Waals surface area (Å²) in [7, 11) is 0. The molecule has 5 nitrogen and oxygen atoms in total. The van der Waals surface area contributed by atoms with Crippen LogP contribution in [0, 0.1) is 0 Å². The van der Waals surface area contributed by atoms with Crippen molar-refractivity contribution in [3.8, 4) is 5.75 Å². The van der Waals surface area contributed by atoms with Gasteiger partial charge in [0.1, 0.15) is 12.4 Å². The number of alkyl halides is 3. The molecule has 2 rings (SSSR count). The molecule has 0 bridgehead atoms. The minimum absolute atomic E-state index is 0.0908. The molecular formula is C14H13F3N2O3. The van der Waals surface area contributed by atoms with Crippen LogP contribution in [0.4, 0.5) is 13.2 Å². The zero-order valence-electron chi connectivity index (χ0n) is 11.6. The predicted molar refractivity (Wildman–Crippen MR) is 70.6 cm³/mol. The number of rotatable bonds is 5. The van der Waals surface area contributed by atoms with Gasteiger partial charge in [-0.05, 0) is 19.1 Å². The maximum Gasteiger partial charge on any atom is 0.419 e. The van der Waals surface area contributed by atoms with E-state index >= 15 is 0 Å². The largest absolute Gasteiger partial charge is 0.488 e. The lowest BCUT2D eigenvalue weighted by Gasteiger charge is -2.13. The molecule has 0 aliphatic carbocycles. The summed E-state index contributed by atoms with van der Waals surface area (Å²) < 4.78 is 45.0. The Morgan fingerprint density at radius 1 is 1.36 bits per heavy atom. The molecule has 0 aliphatic heterocycles. The van der Waals surface area contributed by atoms with E-state index in [9.17, 15) is 18.0 Å². The van der Waals surface area contributed by atoms with Crippen molar-refractivity contribution < 1.29 is 27.8 Å². The van der Waals surface area contributed by atoms with Crippen LogP contribution in [0.1, 0.15) is 28.5 Å². The van der Waals surface area contributed by atoms with Gasteiger partial charge in [-0.25, -0.2) is 4.79 Å². The fraction of sp³-hybridized carbons (Fsp3) is 0.286. The highest BCUT2D eigenvalue weighted by molar-refractivity contribution is 5.87. The summed E-state index contributed by atoms with van der Waals surface area (Å²) in [6.07, 6.45) is -3.26. The summed E-state index contributed by atoms with van der Waals surface area (Å²) in [5.41, 5.74) is -0.784. The number of benzene rings is 1. The minimum atomic E-state index is -4.54. The molecule has 0 fully saturated rings. The molecule has 0 saturated carbocycles. The molecule has 0 radical (unpaired) electrons. The minimum Gasteiger partial charge on any atom is -0.488 e. The summed E-state index contributed by atoms with van der Waals surface area (Å²) in [6.45, 7) is 1.73. The fourth-order valence-electron chi connectivity index (χ4n) is 2.00. The maximum absolute atomic E-state index is 12.8. The molecule has 0 spiro atoms. The number of carbonyl (C=O) groups is 1. The molecule has 1 aromatic heterocycles. The third kappa shape index (κ3) is 3.21. The lowest BCUT2D eigenvalue weighted by atomic mass is 10.2. The highest BCUT2D eigenvalue weighted by Crippen LogP contribution is 2.36. The van der Waals surface area contributed by atoms with Gasteiger partial charge >= 0.3 is 12.1 Å². The number of carboxylic acids is 1. The lowest BCUT2D eigenvalue weighted by Crippen LogP contribution is -2.12. The average molecular weight is 314 g/mol. The summed E-state index contributed by atoms with van der Waals surface area (Å²) in [5, 5.41) is 13.0. The Labute approximate surface area is 123 Å². The Hall–Kier alpha value is -2.51. The van der Waals surface area contributed by atoms with Crippen molar-refractivity contribution in [2.45, 2.75) is 26.3 Å². The second-order valence-electron chi connectivity index (χ2n) is 4.42. The van der Waals surface area contributed by atoms with E-state index in [4.69, 9.17) is 9.84 Å². The normalized spacial score (nSPS) is 11.5. The smallest absolute Gasteiger partial charge is 0.419 e. The number of nitrogens with zero attached hydrogens (tertiary/aromatic N) is 2. The predicted octanol–water partition coefficient (Wildman–Crippen LogP) is 3.20. The molecule has 22 heavy (non-hydrogen) atoms. The first-order valence-corrected chi connectivity index (χ1v) is 6.41. The van der Waals surface area contributed by atoms with E-state index in [1.807, 2.05) is 0 Å². The van der Waals surface area contributed by atoms with E-state index in [1.165, 1.54) is 29.1 Å². The molecule has 0 atom stereocenters. The second-order valence-corrected chi connectivity index (χ2v) is 4.42. The Bertz CT molecular complexity index is 680. The van der Waals surface area contributed by atoms with Gasteiger partial charge in [0.25, 0.3) is 0 Å². The molecule has 0 unspecified atom stereocenters. The number of aromatic nitrogens is 2. The molecule has 0 saturated heterocycles. The molecule has 118 valence electrons. The molecule has 8 heteroatoms. The van der Waals surface area contributed by atoms with Crippen LogP contribution >= 0.6 is 0 Å². The van der Waals surface area contributed by atoms with Crippen molar-refractivity contribution >= 4 is 5.97 Å². The molecule has 1 heterocycles. The summed E-state index contributed by atoms with van der Waals surface area (Å²) >= 11 is 0. The van der Waals surface area contributed by atoms with Crippen molar-refractivity contribution in [3.63, 3.8) is 0 Å². The van der Waals surface area contributed by atoms with Crippen LogP contribution in [0.5, 0.6) is 5.75 Å². The van der Waals surface area contributed by atoms with Gasteiger partial charge in [0, 0.05) is 12.1 Å². The van der Waals surface area contributed by atoms with Gasteiger partial charge < -0.3 is 9.84 Å². The monoisotopic (exact) mass is 314 g/mol. The molecule has 1 N–H and O–H groups in total. The molecule has 2 aromatic rings. The maximum atomic E-state index is 12.8. The van der Waals surface area contributed by atoms with Crippen molar-refractivity contribution in [2.75, 3.05) is 0 Å². The highest BCUT2D eigenvalue weighted by Gasteiger charge is 2.34. The first-order chi connectivity index (χ1) is 10.3. The summed E-state index contributed by atoms with van der Waals surface area (Å²) in [4.78, 5) is 11.2. The van der Waals surface area contributed by atoms with Crippen molar-refractivity contribution in [1.82, 2.24) is 9.78 Å². The number of aromatic carboxylic acids is 1. The number of para-hydroxylation sites is 1. The van der Waals surface area contributed by atoms with Crippen LogP contribution in [0.2, 0.25) is 0 Å². The first kappa shape index (κ1) is 15.9. The number of halogens is 3. The molecule has 0 aliphatic rings. The zero-order valence-corrected chi connectivity index (χ0v) is 11.6. The quantitative estimate of drug-likeness (QED) is 0.920. The standard InChI is InChI=1S/C14H13F3N2O3/c1-2-19-12(13(20)21)9(7-18-19)8-22-11-6-4-3-5-10(11)14(15,16)17/h3-7H,2,8H2,1H3,(H,20,21). The van der Waals surface area contributed by atoms with Gasteiger partial charge in [-0.2, -0.15) is 18.3 Å². The van der Waals surface area contributed by atoms with E-state index < -0.39 is 17.7 Å². The van der Waals surface area contributed by atoms with Crippen molar-refractivity contribution in [3.05, 3.63) is 47.3 Å². The average Bonchev–Trinajstić information content (AvgIpc) is 2.87. The van der Waals surface area contributed by atoms with Crippen molar-refractivity contribution in [2.24, 2.45) is 0 Å². The zero-order chi connectivity index (χ0) is 16.3. The Balaban J connectivity index is 2.25. The second kappa shape index (κ2) is 6.08. The van der Waals surface area contributed by atoms with E-state index in [2.05, 4.69) is 5.10 Å². The van der Waals surface area contributed by atoms with Crippen LogP contribution in [0.15, 0.2) is 30.5 Å². The van der Waals surface area contributed by atoms with Crippen molar-refractivity contribution in [1.29, 1.82) is 0 Å². The molecule has 0 amide bonds. The van der Waals surface area contributed by atoms with E-state index in [1.54, 1.807) is 6.92 Å². The third-order valence-corrected chi connectivity index (χ3v) is 2.99. The highest BCUT2D eigenvalue weighted by atomic mass is 19.4. The number of hydrogen-bond acceptors (Lipinski definition) is 3. The number of carboxylic acid groups (broad SMARTS) is 1. The van der Waals surface area contributed by atoms with Gasteiger partial charge in [0.15, 0.2) is 5.69 Å². The number of hydrogen-bond donors (Lipinski definition) is 1. The van der Waals surface area contributed by atoms with E-state index in [0.717, 1.165) is 6.07 Å². The van der Waals surface area contributed by atoms with Gasteiger partial charge in [-0.15, -0.1) is 0 Å². The summed E-state index contributed by atoms with van der Waals surface area (Å²) in [6, 6.07) is 4.77. The van der Waals surface area contributed by atoms with Crippen LogP contribution in [0.25, 0.3) is 0 Å². The van der Waals surface area contributed by atoms with E-state index in [0.29, 0.717) is 6.54 Å². The molecular weight excluding hydrogens is 301 g/mol. The van der Waals surface area contributed by atoms with Gasteiger partial charge in [-0.1, -0.05) is 12.1 Å². The lowest BCUT2D eigenvalue weighted by molar-refractivity contribution is -0.139. The van der Waals surface area contributed by atoms with E-state index in [-0.39, 0.29) is 23.6 Å². The topological polar surface area (TPSA) is 64.4 Å². The first-order valence-electron chi connectivity index (χ1n) is 6.41.